The van der Waals surface area contributed by atoms with Crippen LogP contribution in [0.5, 0.6) is 0 Å². The Hall–Kier alpha value is -0.343. The molecule has 0 spiro atoms. The maximum Gasteiger partial charge on any atom is 0.173 e. The second-order valence-corrected chi connectivity index (χ2v) is 7.23. The van der Waals surface area contributed by atoms with Crippen molar-refractivity contribution in [1.29, 1.82) is 0 Å². The molecule has 1 saturated heterocycles. The predicted octanol–water partition coefficient (Wildman–Crippen LogP) is 2.11. The molecule has 0 bridgehead atoms. The maximum absolute atomic E-state index is 3.90. The van der Waals surface area contributed by atoms with Crippen molar-refractivity contribution >= 4 is 8.24 Å². The van der Waals surface area contributed by atoms with Gasteiger partial charge in [0.15, 0.2) is 8.24 Å². The molecule has 1 rings (SSSR count). The Morgan fingerprint density at radius 3 is 2.00 bits per heavy atom. The molecule has 0 aromatic heterocycles. The van der Waals surface area contributed by atoms with E-state index in [0.717, 1.165) is 0 Å². The van der Waals surface area contributed by atoms with Crippen molar-refractivity contribution in [2.45, 2.75) is 19.4 Å². The molecule has 1 fully saturated rings. The van der Waals surface area contributed by atoms with Crippen LogP contribution in [0, 0.1) is 0 Å². The summed E-state index contributed by atoms with van der Waals surface area (Å²) in [6, 6.07) is 0. The molecule has 0 aliphatic carbocycles. The normalized spacial score (nSPS) is 20.1. The number of rotatable bonds is 3. The van der Waals surface area contributed by atoms with E-state index in [2.05, 4.69) is 35.7 Å². The van der Waals surface area contributed by atoms with E-state index < -0.39 is 8.24 Å². The molecule has 1 nitrogen and oxygen atoms in total. The van der Waals surface area contributed by atoms with Crippen molar-refractivity contribution in [1.82, 2.24) is 4.57 Å². The highest BCUT2D eigenvalue weighted by Gasteiger charge is 2.29. The number of nitrogens with zero attached hydrogens (tertiary/aromatic N) is 1. The van der Waals surface area contributed by atoms with Gasteiger partial charge in [-0.15, -0.1) is 13.2 Å². The predicted molar refractivity (Wildman–Crippen MR) is 52.8 cm³/mol. The summed E-state index contributed by atoms with van der Waals surface area (Å²) in [6.07, 6.45) is 2.70. The molecular weight excluding hydrogens is 150 g/mol. The molecule has 2 heteroatoms. The van der Waals surface area contributed by atoms with Crippen molar-refractivity contribution in [3.05, 3.63) is 24.6 Å². The monoisotopic (exact) mass is 167 g/mol. The molecule has 0 aromatic carbocycles. The Bertz CT molecular complexity index is 151. The van der Waals surface area contributed by atoms with E-state index in [0.29, 0.717) is 0 Å². The van der Waals surface area contributed by atoms with Crippen LogP contribution in [-0.2, 0) is 0 Å². The summed E-state index contributed by atoms with van der Waals surface area (Å²) in [5.74, 6) is 0. The van der Waals surface area contributed by atoms with E-state index >= 15 is 0 Å². The molecule has 0 saturated carbocycles. The Balaban J connectivity index is 2.66. The van der Waals surface area contributed by atoms with Gasteiger partial charge in [0.1, 0.15) is 0 Å². The standard InChI is InChI=1S/C9H17NSi/c1-4-11(3,5-2)10-8-6-7-9-10/h4-5H,1-2,6-9H2,3H3. The van der Waals surface area contributed by atoms with Gasteiger partial charge >= 0.3 is 0 Å². The fourth-order valence-electron chi connectivity index (χ4n) is 1.54. The van der Waals surface area contributed by atoms with Gasteiger partial charge in [-0.05, 0) is 32.5 Å². The van der Waals surface area contributed by atoms with Gasteiger partial charge < -0.3 is 4.57 Å². The van der Waals surface area contributed by atoms with Gasteiger partial charge in [0.2, 0.25) is 0 Å². The molecule has 1 aliphatic rings. The average Bonchev–Trinajstić information content (AvgIpc) is 2.55. The molecule has 0 atom stereocenters. The molecule has 1 aliphatic heterocycles. The summed E-state index contributed by atoms with van der Waals surface area (Å²) >= 11 is 0. The second-order valence-electron chi connectivity index (χ2n) is 3.33. The molecular formula is C9H17NSi. The van der Waals surface area contributed by atoms with Crippen LogP contribution in [-0.4, -0.2) is 25.9 Å². The van der Waals surface area contributed by atoms with E-state index in [4.69, 9.17) is 0 Å². The smallest absolute Gasteiger partial charge is 0.173 e. The zero-order chi connectivity index (χ0) is 8.32. The van der Waals surface area contributed by atoms with Crippen molar-refractivity contribution in [3.8, 4) is 0 Å². The molecule has 0 amide bonds. The van der Waals surface area contributed by atoms with Gasteiger partial charge in [-0.2, -0.15) is 0 Å². The van der Waals surface area contributed by atoms with Gasteiger partial charge in [-0.25, -0.2) is 0 Å². The second kappa shape index (κ2) is 3.37. The van der Waals surface area contributed by atoms with Crippen molar-refractivity contribution < 1.29 is 0 Å². The van der Waals surface area contributed by atoms with E-state index in [1.165, 1.54) is 25.9 Å². The van der Waals surface area contributed by atoms with E-state index in [-0.39, 0.29) is 0 Å². The lowest BCUT2D eigenvalue weighted by molar-refractivity contribution is 0.532. The molecule has 0 aromatic rings. The van der Waals surface area contributed by atoms with Crippen LogP contribution in [0.2, 0.25) is 6.55 Å². The summed E-state index contributed by atoms with van der Waals surface area (Å²) in [6.45, 7) is 12.6. The third-order valence-corrected chi connectivity index (χ3v) is 6.08. The topological polar surface area (TPSA) is 3.24 Å². The van der Waals surface area contributed by atoms with Crippen molar-refractivity contribution in [3.63, 3.8) is 0 Å². The Morgan fingerprint density at radius 2 is 1.64 bits per heavy atom. The lowest BCUT2D eigenvalue weighted by atomic mass is 10.4. The zero-order valence-electron chi connectivity index (χ0n) is 7.34. The summed E-state index contributed by atoms with van der Waals surface area (Å²) in [4.78, 5) is 0. The number of hydrogen-bond donors (Lipinski definition) is 0. The first-order valence-electron chi connectivity index (χ1n) is 4.25. The lowest BCUT2D eigenvalue weighted by Gasteiger charge is -2.30. The summed E-state index contributed by atoms with van der Waals surface area (Å²) in [5.41, 5.74) is 4.23. The highest BCUT2D eigenvalue weighted by molar-refractivity contribution is 6.85. The van der Waals surface area contributed by atoms with Gasteiger partial charge in [-0.1, -0.05) is 11.4 Å². The summed E-state index contributed by atoms with van der Waals surface area (Å²) in [7, 11) is -1.40. The van der Waals surface area contributed by atoms with E-state index in [1.54, 1.807) is 0 Å². The molecule has 62 valence electrons. The fraction of sp³-hybridized carbons (Fsp3) is 0.556. The van der Waals surface area contributed by atoms with Crippen LogP contribution in [0.3, 0.4) is 0 Å². The first kappa shape index (κ1) is 8.75. The van der Waals surface area contributed by atoms with Crippen LogP contribution >= 0.6 is 0 Å². The fourth-order valence-corrected chi connectivity index (χ4v) is 3.50. The first-order valence-corrected chi connectivity index (χ1v) is 6.85. The van der Waals surface area contributed by atoms with E-state index in [1.807, 2.05) is 0 Å². The zero-order valence-corrected chi connectivity index (χ0v) is 8.34. The maximum atomic E-state index is 3.90. The minimum absolute atomic E-state index is 1.25. The minimum atomic E-state index is -1.40. The van der Waals surface area contributed by atoms with Gasteiger partial charge in [0.25, 0.3) is 0 Å². The quantitative estimate of drug-likeness (QED) is 0.582. The van der Waals surface area contributed by atoms with Crippen LogP contribution in [0.15, 0.2) is 24.6 Å². The van der Waals surface area contributed by atoms with Crippen LogP contribution in [0.25, 0.3) is 0 Å². The molecule has 1 heterocycles. The highest BCUT2D eigenvalue weighted by atomic mass is 28.3. The Labute approximate surface area is 70.5 Å². The number of hydrogen-bond acceptors (Lipinski definition) is 1. The van der Waals surface area contributed by atoms with Gasteiger partial charge in [0, 0.05) is 0 Å². The summed E-state index contributed by atoms with van der Waals surface area (Å²) < 4.78 is 2.56. The SMILES string of the molecule is C=C[Si](C)(C=C)N1CCCC1. The largest absolute Gasteiger partial charge is 0.317 e. The van der Waals surface area contributed by atoms with Crippen LogP contribution in [0.4, 0.5) is 0 Å². The molecule has 0 radical (unpaired) electrons. The molecule has 11 heavy (non-hydrogen) atoms. The molecule has 0 N–H and O–H groups in total. The van der Waals surface area contributed by atoms with Gasteiger partial charge in [-0.3, -0.25) is 0 Å². The minimum Gasteiger partial charge on any atom is -0.317 e. The third kappa shape index (κ3) is 1.63. The third-order valence-electron chi connectivity index (χ3n) is 2.61. The van der Waals surface area contributed by atoms with Crippen molar-refractivity contribution in [2.75, 3.05) is 13.1 Å². The average molecular weight is 167 g/mol. The van der Waals surface area contributed by atoms with Crippen molar-refractivity contribution in [2.24, 2.45) is 0 Å². The highest BCUT2D eigenvalue weighted by Crippen LogP contribution is 2.18. The first-order chi connectivity index (χ1) is 5.23. The Kier molecular flexibility index (Phi) is 2.68. The van der Waals surface area contributed by atoms with Crippen LogP contribution in [0.1, 0.15) is 12.8 Å². The lowest BCUT2D eigenvalue weighted by Crippen LogP contribution is -2.46. The van der Waals surface area contributed by atoms with Gasteiger partial charge in [0.05, 0.1) is 0 Å². The molecule has 0 unspecified atom stereocenters. The van der Waals surface area contributed by atoms with Crippen LogP contribution < -0.4 is 0 Å². The summed E-state index contributed by atoms with van der Waals surface area (Å²) in [5, 5.41) is 0. The Morgan fingerprint density at radius 1 is 1.18 bits per heavy atom. The van der Waals surface area contributed by atoms with E-state index in [9.17, 15) is 0 Å².